The van der Waals surface area contributed by atoms with Crippen LogP contribution in [0.4, 0.5) is 11.4 Å². The molecule has 0 unspecified atom stereocenters. The number of anilines is 2. The summed E-state index contributed by atoms with van der Waals surface area (Å²) < 4.78 is 3.65. The maximum absolute atomic E-state index is 13.2. The predicted octanol–water partition coefficient (Wildman–Crippen LogP) is 7.91. The predicted molar refractivity (Wildman–Crippen MR) is 190 cm³/mol. The number of fused-ring (bicyclic) bond motifs is 2. The molecule has 0 saturated carbocycles. The zero-order valence-corrected chi connectivity index (χ0v) is 28.4. The number of thiazole rings is 2. The van der Waals surface area contributed by atoms with Crippen LogP contribution in [-0.4, -0.2) is 44.1 Å². The molecule has 47 heavy (non-hydrogen) atoms. The van der Waals surface area contributed by atoms with E-state index in [4.69, 9.17) is 0 Å². The minimum atomic E-state index is -0.508. The van der Waals surface area contributed by atoms with E-state index in [1.807, 2.05) is 72.8 Å². The first-order chi connectivity index (χ1) is 22.9. The van der Waals surface area contributed by atoms with Crippen molar-refractivity contribution < 1.29 is 19.2 Å². The van der Waals surface area contributed by atoms with Gasteiger partial charge in [0.2, 0.25) is 23.6 Å². The van der Waals surface area contributed by atoms with Crippen molar-refractivity contribution in [1.29, 1.82) is 0 Å². The Labute approximate surface area is 289 Å². The Balaban J connectivity index is 0.901. The summed E-state index contributed by atoms with van der Waals surface area (Å²) >= 11 is 7.24. The van der Waals surface area contributed by atoms with Crippen LogP contribution in [0.5, 0.6) is 0 Å². The lowest BCUT2D eigenvalue weighted by Gasteiger charge is -2.16. The van der Waals surface area contributed by atoms with Crippen LogP contribution in [0.2, 0.25) is 0 Å². The van der Waals surface area contributed by atoms with Gasteiger partial charge in [-0.05, 0) is 72.8 Å². The van der Waals surface area contributed by atoms with Gasteiger partial charge in [0, 0.05) is 22.6 Å². The molecule has 6 aromatic rings. The number of hydrogen-bond donors (Lipinski definition) is 0. The van der Waals surface area contributed by atoms with Crippen LogP contribution >= 0.6 is 58.0 Å². The van der Waals surface area contributed by atoms with Crippen LogP contribution in [0.25, 0.3) is 20.4 Å². The first-order valence-corrected chi connectivity index (χ1v) is 18.8. The van der Waals surface area contributed by atoms with E-state index in [2.05, 4.69) is 9.97 Å². The normalized spacial score (nSPS) is 18.4. The van der Waals surface area contributed by atoms with Crippen molar-refractivity contribution in [3.63, 3.8) is 0 Å². The molecule has 4 heterocycles. The second-order valence-corrected chi connectivity index (χ2v) is 16.8. The number of thioether (sulfide) groups is 2. The molecule has 2 saturated heterocycles. The Hall–Kier alpha value is -4.01. The van der Waals surface area contributed by atoms with Gasteiger partial charge in [0.1, 0.15) is 10.5 Å². The first kappa shape index (κ1) is 30.3. The van der Waals surface area contributed by atoms with Crippen molar-refractivity contribution in [1.82, 2.24) is 9.97 Å². The number of rotatable bonds is 8. The molecule has 8 nitrogen and oxygen atoms in total. The highest BCUT2D eigenvalue weighted by Crippen LogP contribution is 2.40. The molecule has 232 valence electrons. The lowest BCUT2D eigenvalue weighted by molar-refractivity contribution is -0.122. The molecular weight excluding hydrogens is 689 g/mol. The van der Waals surface area contributed by atoms with Crippen LogP contribution in [0.1, 0.15) is 12.8 Å². The summed E-state index contributed by atoms with van der Waals surface area (Å²) in [7, 11) is 0. The number of nitrogens with zero attached hydrogens (tertiary/aromatic N) is 4. The number of hydrogen-bond acceptors (Lipinski definition) is 11. The van der Waals surface area contributed by atoms with Gasteiger partial charge in [-0.1, -0.05) is 59.6 Å². The van der Waals surface area contributed by atoms with Crippen molar-refractivity contribution in [2.75, 3.05) is 9.80 Å². The summed E-state index contributed by atoms with van der Waals surface area (Å²) in [6.45, 7) is 0. The first-order valence-electron chi connectivity index (χ1n) is 14.6. The summed E-state index contributed by atoms with van der Waals surface area (Å²) in [6, 6.07) is 30.3. The Bertz CT molecular complexity index is 1980. The number of para-hydroxylation sites is 2. The Morgan fingerprint density at radius 2 is 0.957 bits per heavy atom. The Morgan fingerprint density at radius 1 is 0.553 bits per heavy atom. The van der Waals surface area contributed by atoms with Crippen LogP contribution < -0.4 is 9.80 Å². The molecule has 0 spiro atoms. The van der Waals surface area contributed by atoms with Gasteiger partial charge in [-0.2, -0.15) is 0 Å². The molecule has 13 heteroatoms. The second-order valence-electron chi connectivity index (χ2n) is 10.7. The third-order valence-corrected chi connectivity index (χ3v) is 13.3. The van der Waals surface area contributed by atoms with Gasteiger partial charge in [0.15, 0.2) is 8.68 Å². The van der Waals surface area contributed by atoms with Crippen LogP contribution in [0.15, 0.2) is 116 Å². The molecule has 0 N–H and O–H groups in total. The van der Waals surface area contributed by atoms with Crippen molar-refractivity contribution in [3.8, 4) is 0 Å². The molecule has 2 atom stereocenters. The fourth-order valence-electron chi connectivity index (χ4n) is 5.44. The van der Waals surface area contributed by atoms with Crippen molar-refractivity contribution in [2.45, 2.75) is 41.8 Å². The number of carbonyl (C=O) groups is 4. The van der Waals surface area contributed by atoms with Gasteiger partial charge in [0.25, 0.3) is 0 Å². The quantitative estimate of drug-likeness (QED) is 0.146. The number of aromatic nitrogens is 2. The van der Waals surface area contributed by atoms with E-state index in [0.29, 0.717) is 11.4 Å². The number of amides is 4. The highest BCUT2D eigenvalue weighted by atomic mass is 32.2. The van der Waals surface area contributed by atoms with Gasteiger partial charge in [-0.3, -0.25) is 19.2 Å². The highest BCUT2D eigenvalue weighted by Gasteiger charge is 2.42. The maximum Gasteiger partial charge on any atom is 0.247 e. The summed E-state index contributed by atoms with van der Waals surface area (Å²) in [5.74, 6) is -0.920. The molecule has 4 amide bonds. The molecule has 4 aromatic carbocycles. The number of carbonyl (C=O) groups excluding carboxylic acids is 4. The minimum Gasteiger partial charge on any atom is -0.274 e. The van der Waals surface area contributed by atoms with Crippen molar-refractivity contribution in [2.24, 2.45) is 0 Å². The standard InChI is InChI=1S/C34H22N4O4S5/c39-29-17-27(46-33-35-23-5-1-3-7-25(23)44-33)31(41)37(29)19-9-13-21(14-10-19)43-22-15-11-20(12-16-22)38-30(40)18-28(32(38)42)47-34-36-24-6-2-4-8-26(24)45-34/h1-16,27-28H,17-18H2/t27-,28-/m0/s1. The molecule has 0 aliphatic carbocycles. The summed E-state index contributed by atoms with van der Waals surface area (Å²) in [4.78, 5) is 65.8. The van der Waals surface area contributed by atoms with Crippen molar-refractivity contribution in [3.05, 3.63) is 97.1 Å². The SMILES string of the molecule is O=C1C[C@H](Sc2nc3ccccc3s2)C(=O)N1c1ccc(Sc2ccc(N3C(=O)C[C@H](Sc4nc5ccccc5s4)C3=O)cc2)cc1. The second kappa shape index (κ2) is 12.5. The zero-order chi connectivity index (χ0) is 32.1. The van der Waals surface area contributed by atoms with Gasteiger partial charge < -0.3 is 0 Å². The van der Waals surface area contributed by atoms with E-state index in [-0.39, 0.29) is 36.5 Å². The Morgan fingerprint density at radius 3 is 1.36 bits per heavy atom. The molecule has 2 fully saturated rings. The fraction of sp³-hybridized carbons (Fsp3) is 0.118. The summed E-state index contributed by atoms with van der Waals surface area (Å²) in [5, 5.41) is -1.02. The van der Waals surface area contributed by atoms with Crippen LogP contribution in [-0.2, 0) is 19.2 Å². The van der Waals surface area contributed by atoms with Crippen molar-refractivity contribution >= 4 is 113 Å². The summed E-state index contributed by atoms with van der Waals surface area (Å²) in [6.07, 6.45) is 0.261. The van der Waals surface area contributed by atoms with E-state index in [1.165, 1.54) is 67.8 Å². The van der Waals surface area contributed by atoms with Crippen LogP contribution in [0, 0.1) is 0 Å². The molecule has 2 aromatic heterocycles. The number of imide groups is 2. The van der Waals surface area contributed by atoms with Gasteiger partial charge in [-0.25, -0.2) is 19.8 Å². The smallest absolute Gasteiger partial charge is 0.247 e. The number of benzene rings is 4. The fourth-order valence-corrected chi connectivity index (χ4v) is 10.9. The van der Waals surface area contributed by atoms with E-state index < -0.39 is 10.5 Å². The van der Waals surface area contributed by atoms with E-state index in [9.17, 15) is 19.2 Å². The third kappa shape index (κ3) is 5.98. The molecular formula is C34H22N4O4S5. The molecule has 2 aliphatic heterocycles. The largest absolute Gasteiger partial charge is 0.274 e. The highest BCUT2D eigenvalue weighted by molar-refractivity contribution is 8.02. The maximum atomic E-state index is 13.2. The average molecular weight is 711 g/mol. The van der Waals surface area contributed by atoms with Gasteiger partial charge in [-0.15, -0.1) is 22.7 Å². The monoisotopic (exact) mass is 710 g/mol. The topological polar surface area (TPSA) is 101 Å². The van der Waals surface area contributed by atoms with E-state index >= 15 is 0 Å². The van der Waals surface area contributed by atoms with Gasteiger partial charge >= 0.3 is 0 Å². The molecule has 0 radical (unpaired) electrons. The zero-order valence-electron chi connectivity index (χ0n) is 24.3. The lowest BCUT2D eigenvalue weighted by Crippen LogP contribution is -2.31. The average Bonchev–Trinajstić information content (AvgIpc) is 3.81. The summed E-state index contributed by atoms with van der Waals surface area (Å²) in [5.41, 5.74) is 2.85. The van der Waals surface area contributed by atoms with Crippen LogP contribution in [0.3, 0.4) is 0 Å². The van der Waals surface area contributed by atoms with Gasteiger partial charge in [0.05, 0.1) is 31.8 Å². The minimum absolute atomic E-state index is 0.131. The lowest BCUT2D eigenvalue weighted by atomic mass is 10.3. The van der Waals surface area contributed by atoms with E-state index in [0.717, 1.165) is 38.9 Å². The Kier molecular flexibility index (Phi) is 8.10. The molecule has 8 rings (SSSR count). The molecule has 0 bridgehead atoms. The molecule has 2 aliphatic rings. The van der Waals surface area contributed by atoms with E-state index in [1.54, 1.807) is 24.3 Å². The third-order valence-electron chi connectivity index (χ3n) is 7.67.